The zero-order valence-electron chi connectivity index (χ0n) is 10.0. The van der Waals surface area contributed by atoms with E-state index in [9.17, 15) is 0 Å². The first-order valence-corrected chi connectivity index (χ1v) is 5.39. The van der Waals surface area contributed by atoms with Crippen molar-refractivity contribution < 1.29 is 9.47 Å². The molecule has 0 bridgehead atoms. The van der Waals surface area contributed by atoms with Gasteiger partial charge in [-0.3, -0.25) is 0 Å². The summed E-state index contributed by atoms with van der Waals surface area (Å²) in [5, 5.41) is 1.88. The molecule has 0 aliphatic heterocycles. The monoisotopic (exact) mass is 244 g/mol. The van der Waals surface area contributed by atoms with Crippen molar-refractivity contribution in [3.05, 3.63) is 18.3 Å². The summed E-state index contributed by atoms with van der Waals surface area (Å²) in [6, 6.07) is 3.76. The number of nitrogens with zero attached hydrogens (tertiary/aromatic N) is 2. The molecule has 0 fully saturated rings. The minimum atomic E-state index is 0.244. The van der Waals surface area contributed by atoms with Gasteiger partial charge in [-0.1, -0.05) is 0 Å². The average Bonchev–Trinajstić information content (AvgIpc) is 2.73. The zero-order chi connectivity index (χ0) is 12.7. The van der Waals surface area contributed by atoms with Gasteiger partial charge in [-0.25, -0.2) is 4.98 Å². The first-order valence-electron chi connectivity index (χ1n) is 5.39. The fraction of sp³-hybridized carbons (Fsp3) is 0.167. The number of nitrogens with two attached hydrogens (primary N) is 1. The third kappa shape index (κ3) is 1.42. The number of H-pyrrole nitrogens is 1. The first-order chi connectivity index (χ1) is 8.72. The lowest BCUT2D eigenvalue weighted by atomic mass is 10.2. The fourth-order valence-electron chi connectivity index (χ4n) is 2.02. The molecule has 0 aliphatic carbocycles. The Hall–Kier alpha value is -2.50. The second kappa shape index (κ2) is 3.76. The zero-order valence-corrected chi connectivity index (χ0v) is 10.0. The van der Waals surface area contributed by atoms with Gasteiger partial charge in [0.15, 0.2) is 11.5 Å². The Kier molecular flexibility index (Phi) is 2.22. The summed E-state index contributed by atoms with van der Waals surface area (Å²) in [5.74, 6) is 1.58. The van der Waals surface area contributed by atoms with E-state index in [1.165, 1.54) is 0 Å². The minimum absolute atomic E-state index is 0.244. The molecule has 2 heterocycles. The number of hydrogen-bond donors (Lipinski definition) is 2. The molecule has 0 aliphatic rings. The summed E-state index contributed by atoms with van der Waals surface area (Å²) < 4.78 is 10.5. The summed E-state index contributed by atoms with van der Waals surface area (Å²) in [6.45, 7) is 0. The standard InChI is InChI=1S/C12H12N4O2/c1-17-9-3-6-7-5-14-12(13)16-11(7)15-8(6)4-10(9)18-2/h3-5H,1-2H3,(H3,13,14,15,16). The highest BCUT2D eigenvalue weighted by Gasteiger charge is 2.11. The van der Waals surface area contributed by atoms with Gasteiger partial charge in [0.05, 0.1) is 19.7 Å². The molecule has 0 amide bonds. The van der Waals surface area contributed by atoms with Gasteiger partial charge < -0.3 is 20.2 Å². The Bertz CT molecular complexity index is 736. The highest BCUT2D eigenvalue weighted by Crippen LogP contribution is 2.35. The van der Waals surface area contributed by atoms with Crippen LogP contribution in [0.4, 0.5) is 5.95 Å². The van der Waals surface area contributed by atoms with Crippen LogP contribution in [0, 0.1) is 0 Å². The molecule has 2 aromatic heterocycles. The van der Waals surface area contributed by atoms with Gasteiger partial charge in [-0.2, -0.15) is 4.98 Å². The maximum Gasteiger partial charge on any atom is 0.221 e. The number of hydrogen-bond acceptors (Lipinski definition) is 5. The number of nitrogen functional groups attached to an aromatic ring is 1. The van der Waals surface area contributed by atoms with E-state index in [1.807, 2.05) is 12.1 Å². The van der Waals surface area contributed by atoms with Gasteiger partial charge in [-0.15, -0.1) is 0 Å². The molecule has 0 atom stereocenters. The predicted molar refractivity (Wildman–Crippen MR) is 68.9 cm³/mol. The van der Waals surface area contributed by atoms with Gasteiger partial charge in [-0.05, 0) is 6.07 Å². The number of anilines is 1. The van der Waals surface area contributed by atoms with Crippen LogP contribution in [0.25, 0.3) is 21.9 Å². The van der Waals surface area contributed by atoms with Crippen LogP contribution in [0.2, 0.25) is 0 Å². The SMILES string of the molecule is COc1cc2[nH]c3nc(N)ncc3c2cc1OC. The molecule has 18 heavy (non-hydrogen) atoms. The molecule has 3 rings (SSSR count). The van der Waals surface area contributed by atoms with Crippen LogP contribution in [-0.4, -0.2) is 29.2 Å². The number of aromatic nitrogens is 3. The highest BCUT2D eigenvalue weighted by atomic mass is 16.5. The van der Waals surface area contributed by atoms with E-state index in [2.05, 4.69) is 15.0 Å². The third-order valence-electron chi connectivity index (χ3n) is 2.87. The molecule has 6 heteroatoms. The Morgan fingerprint density at radius 3 is 2.56 bits per heavy atom. The van der Waals surface area contributed by atoms with Crippen molar-refractivity contribution in [1.29, 1.82) is 0 Å². The number of rotatable bonds is 2. The van der Waals surface area contributed by atoms with Crippen LogP contribution in [0.5, 0.6) is 11.5 Å². The Morgan fingerprint density at radius 2 is 1.83 bits per heavy atom. The highest BCUT2D eigenvalue weighted by molar-refractivity contribution is 6.06. The van der Waals surface area contributed by atoms with Gasteiger partial charge in [0.25, 0.3) is 0 Å². The number of fused-ring (bicyclic) bond motifs is 3. The van der Waals surface area contributed by atoms with Crippen molar-refractivity contribution in [3.8, 4) is 11.5 Å². The van der Waals surface area contributed by atoms with Crippen LogP contribution >= 0.6 is 0 Å². The maximum atomic E-state index is 5.57. The molecular formula is C12H12N4O2. The van der Waals surface area contributed by atoms with E-state index in [4.69, 9.17) is 15.2 Å². The minimum Gasteiger partial charge on any atom is -0.493 e. The van der Waals surface area contributed by atoms with Gasteiger partial charge in [0.2, 0.25) is 5.95 Å². The molecule has 6 nitrogen and oxygen atoms in total. The third-order valence-corrected chi connectivity index (χ3v) is 2.87. The van der Waals surface area contributed by atoms with E-state index >= 15 is 0 Å². The van der Waals surface area contributed by atoms with Crippen LogP contribution < -0.4 is 15.2 Å². The molecular weight excluding hydrogens is 232 g/mol. The van der Waals surface area contributed by atoms with Crippen molar-refractivity contribution in [2.24, 2.45) is 0 Å². The molecule has 0 saturated carbocycles. The molecule has 0 radical (unpaired) electrons. The quantitative estimate of drug-likeness (QED) is 0.716. The molecule has 0 unspecified atom stereocenters. The van der Waals surface area contributed by atoms with E-state index in [-0.39, 0.29) is 5.95 Å². The maximum absolute atomic E-state index is 5.57. The van der Waals surface area contributed by atoms with Crippen LogP contribution in [0.1, 0.15) is 0 Å². The van der Waals surface area contributed by atoms with Crippen molar-refractivity contribution in [3.63, 3.8) is 0 Å². The molecule has 3 aromatic rings. The summed E-state index contributed by atoms with van der Waals surface area (Å²) in [7, 11) is 3.21. The lowest BCUT2D eigenvalue weighted by Gasteiger charge is -2.06. The Balaban J connectivity index is 2.39. The van der Waals surface area contributed by atoms with E-state index in [1.54, 1.807) is 20.4 Å². The molecule has 3 N–H and O–H groups in total. The number of benzene rings is 1. The fourth-order valence-corrected chi connectivity index (χ4v) is 2.02. The Morgan fingerprint density at radius 1 is 1.11 bits per heavy atom. The number of methoxy groups -OCH3 is 2. The van der Waals surface area contributed by atoms with Gasteiger partial charge in [0, 0.05) is 23.0 Å². The number of nitrogens with one attached hydrogen (secondary N) is 1. The molecule has 0 spiro atoms. The largest absolute Gasteiger partial charge is 0.493 e. The summed E-state index contributed by atoms with van der Waals surface area (Å²) in [5.41, 5.74) is 7.17. The normalized spacial score (nSPS) is 11.0. The number of ether oxygens (including phenoxy) is 2. The summed E-state index contributed by atoms with van der Waals surface area (Å²) in [4.78, 5) is 11.3. The summed E-state index contributed by atoms with van der Waals surface area (Å²) >= 11 is 0. The predicted octanol–water partition coefficient (Wildman–Crippen LogP) is 1.71. The number of aromatic amines is 1. The van der Waals surface area contributed by atoms with Crippen LogP contribution in [-0.2, 0) is 0 Å². The molecule has 92 valence electrons. The lowest BCUT2D eigenvalue weighted by molar-refractivity contribution is 0.356. The van der Waals surface area contributed by atoms with Gasteiger partial charge in [0.1, 0.15) is 5.65 Å². The van der Waals surface area contributed by atoms with Crippen molar-refractivity contribution in [1.82, 2.24) is 15.0 Å². The van der Waals surface area contributed by atoms with Crippen molar-refractivity contribution in [2.75, 3.05) is 20.0 Å². The van der Waals surface area contributed by atoms with Gasteiger partial charge >= 0.3 is 0 Å². The topological polar surface area (TPSA) is 86.0 Å². The first kappa shape index (κ1) is 10.6. The average molecular weight is 244 g/mol. The van der Waals surface area contributed by atoms with E-state index in [0.29, 0.717) is 17.1 Å². The summed E-state index contributed by atoms with van der Waals surface area (Å²) in [6.07, 6.45) is 1.70. The van der Waals surface area contributed by atoms with Crippen molar-refractivity contribution in [2.45, 2.75) is 0 Å². The van der Waals surface area contributed by atoms with Crippen molar-refractivity contribution >= 4 is 27.9 Å². The Labute approximate surface area is 103 Å². The smallest absolute Gasteiger partial charge is 0.221 e. The van der Waals surface area contributed by atoms with Crippen LogP contribution in [0.15, 0.2) is 18.3 Å². The lowest BCUT2D eigenvalue weighted by Crippen LogP contribution is -1.92. The van der Waals surface area contributed by atoms with Crippen LogP contribution in [0.3, 0.4) is 0 Å². The molecule has 0 saturated heterocycles. The second-order valence-corrected chi connectivity index (χ2v) is 3.87. The van der Waals surface area contributed by atoms with E-state index < -0.39 is 0 Å². The molecule has 1 aromatic carbocycles. The second-order valence-electron chi connectivity index (χ2n) is 3.87. The van der Waals surface area contributed by atoms with E-state index in [0.717, 1.165) is 16.3 Å².